The van der Waals surface area contributed by atoms with Crippen LogP contribution in [0.25, 0.3) is 0 Å². The number of unbranched alkanes of at least 4 members (excludes halogenated alkanes) is 3. The number of aliphatic carboxylic acids is 4. The number of aliphatic imine (C=N–C) groups is 1. The zero-order valence-corrected chi connectivity index (χ0v) is 59.3. The second-order valence-electron chi connectivity index (χ2n) is 23.4. The Bertz CT molecular complexity index is 3710. The van der Waals surface area contributed by atoms with Crippen molar-refractivity contribution in [1.82, 2.24) is 45.5 Å². The summed E-state index contributed by atoms with van der Waals surface area (Å²) in [5.41, 5.74) is 4.13. The van der Waals surface area contributed by atoms with Crippen LogP contribution in [-0.2, 0) is 83.5 Å². The van der Waals surface area contributed by atoms with E-state index >= 15 is 0 Å². The number of nitrogens with one attached hydrogen (secondary N) is 3. The van der Waals surface area contributed by atoms with Crippen molar-refractivity contribution in [3.8, 4) is 0 Å². The summed E-state index contributed by atoms with van der Waals surface area (Å²) in [7, 11) is 2.49. The molecule has 3 N–H and O–H groups in total. The highest BCUT2D eigenvalue weighted by atomic mass is 32.1. The van der Waals surface area contributed by atoms with Crippen LogP contribution >= 0.6 is 12.2 Å². The minimum absolute atomic E-state index is 0.000450. The molecule has 104 heavy (non-hydrogen) atoms. The Morgan fingerprint density at radius 3 is 1.20 bits per heavy atom. The number of non-ortho nitro benzene ring substituents is 1. The Morgan fingerprint density at radius 1 is 0.500 bits per heavy atom. The molecule has 3 aromatic carbocycles. The number of nitro groups is 1. The minimum Gasteiger partial charge on any atom is -0.549 e. The number of ether oxygens (including phenoxy) is 4. The van der Waals surface area contributed by atoms with Crippen molar-refractivity contribution >= 4 is 94.2 Å². The molecule has 0 saturated carbocycles. The van der Waals surface area contributed by atoms with E-state index in [-0.39, 0.29) is 113 Å². The number of carboxylic acids is 4. The number of isothiocyanates is 1. The molecular weight excluding hydrogens is 1370 g/mol. The third-order valence-electron chi connectivity index (χ3n) is 15.6. The zero-order valence-electron chi connectivity index (χ0n) is 58.4. The van der Waals surface area contributed by atoms with E-state index in [9.17, 15) is 83.3 Å². The van der Waals surface area contributed by atoms with Crippen LogP contribution in [0.2, 0.25) is 0 Å². The fourth-order valence-corrected chi connectivity index (χ4v) is 10.7. The van der Waals surface area contributed by atoms with Gasteiger partial charge in [-0.05, 0) is 164 Å². The van der Waals surface area contributed by atoms with Crippen molar-refractivity contribution in [2.75, 3.05) is 79.8 Å². The SMILES string of the molecule is CCOC(=O)C(CCCCNC(=O)c1ccc(C)cc1)N(CC(=O)OC)Cc1cccc(CN(CC(=O)OC)C(CCCCNC(=O)c2ccc([N+](=O)[O-])cc2)C(=O)OCC)n1.O=C([O-])CN(CC(=O)[O-])Cc1cccc(CN(CC(=O)[O-])C(CCCCNC(=O)c2ccc(N=C=S)cc2)C(=O)[O-])n1. The fourth-order valence-electron chi connectivity index (χ4n) is 10.6. The minimum atomic E-state index is -1.53. The summed E-state index contributed by atoms with van der Waals surface area (Å²) in [6.45, 7) is 3.37. The van der Waals surface area contributed by atoms with Gasteiger partial charge in [-0.1, -0.05) is 29.8 Å². The highest BCUT2D eigenvalue weighted by Crippen LogP contribution is 2.21. The maximum Gasteiger partial charge on any atom is 0.323 e. The fraction of sp³-hybridized carbons (Fsp3) is 0.437. The van der Waals surface area contributed by atoms with Gasteiger partial charge in [0.05, 0.1) is 109 Å². The molecule has 5 aromatic rings. The van der Waals surface area contributed by atoms with Gasteiger partial charge in [-0.3, -0.25) is 73.2 Å². The number of methoxy groups -OCH3 is 2. The Morgan fingerprint density at radius 2 is 0.856 bits per heavy atom. The Hall–Kier alpha value is -10.8. The van der Waals surface area contributed by atoms with E-state index in [0.717, 1.165) is 15.4 Å². The summed E-state index contributed by atoms with van der Waals surface area (Å²) in [5.74, 6) is -9.24. The van der Waals surface area contributed by atoms with Crippen molar-refractivity contribution < 1.29 is 97.0 Å². The van der Waals surface area contributed by atoms with E-state index < -0.39 is 96.3 Å². The lowest BCUT2D eigenvalue weighted by Gasteiger charge is -2.32. The number of rotatable bonds is 46. The van der Waals surface area contributed by atoms with E-state index in [0.29, 0.717) is 79.7 Å². The van der Waals surface area contributed by atoms with E-state index in [1.54, 1.807) is 78.2 Å². The van der Waals surface area contributed by atoms with E-state index in [1.807, 2.05) is 19.1 Å². The second-order valence-corrected chi connectivity index (χ2v) is 23.6. The molecule has 2 aromatic heterocycles. The number of nitrogens with zero attached hydrogens (tertiary/aromatic N) is 8. The highest BCUT2D eigenvalue weighted by Gasteiger charge is 2.32. The molecule has 5 rings (SSSR count). The molecule has 0 spiro atoms. The summed E-state index contributed by atoms with van der Waals surface area (Å²) < 4.78 is 20.8. The van der Waals surface area contributed by atoms with Crippen LogP contribution in [0.3, 0.4) is 0 Å². The molecule has 33 heteroatoms. The van der Waals surface area contributed by atoms with Gasteiger partial charge < -0.3 is 74.5 Å². The van der Waals surface area contributed by atoms with Gasteiger partial charge in [0.15, 0.2) is 0 Å². The Balaban J connectivity index is 0.000000475. The first-order chi connectivity index (χ1) is 49.8. The average Bonchev–Trinajstić information content (AvgIpc) is 0.875. The number of thiocarbonyl (C=S) groups is 1. The predicted octanol–water partition coefficient (Wildman–Crippen LogP) is 0.701. The maximum atomic E-state index is 13.4. The number of carbonyl (C=O) groups excluding carboxylic acids is 11. The number of esters is 4. The number of aryl methyl sites for hydroxylation is 1. The average molecular weight is 1460 g/mol. The van der Waals surface area contributed by atoms with Gasteiger partial charge in [-0.15, -0.1) is 0 Å². The molecule has 2 heterocycles. The smallest absolute Gasteiger partial charge is 0.323 e. The van der Waals surface area contributed by atoms with Crippen LogP contribution < -0.4 is 36.4 Å². The molecule has 32 nitrogen and oxygen atoms in total. The lowest BCUT2D eigenvalue weighted by Crippen LogP contribution is -2.51. The molecule has 0 aliphatic rings. The second kappa shape index (κ2) is 46.6. The molecule has 0 aliphatic carbocycles. The first-order valence-electron chi connectivity index (χ1n) is 33.2. The van der Waals surface area contributed by atoms with Crippen LogP contribution in [0.5, 0.6) is 0 Å². The van der Waals surface area contributed by atoms with Crippen molar-refractivity contribution in [1.29, 1.82) is 0 Å². The zero-order chi connectivity index (χ0) is 76.5. The molecule has 3 amide bonds. The third kappa shape index (κ3) is 32.0. The Kier molecular flexibility index (Phi) is 38.4. The Labute approximate surface area is 606 Å². The normalized spacial score (nSPS) is 11.7. The molecule has 0 saturated heterocycles. The molecular formula is C71H85N11O21S-4. The van der Waals surface area contributed by atoms with Gasteiger partial charge in [-0.2, -0.15) is 4.99 Å². The van der Waals surface area contributed by atoms with Crippen LogP contribution in [0.1, 0.15) is 131 Å². The van der Waals surface area contributed by atoms with Crippen LogP contribution in [-0.4, -0.2) is 203 Å². The summed E-state index contributed by atoms with van der Waals surface area (Å²) in [6.07, 6.45) is 3.26. The van der Waals surface area contributed by atoms with Gasteiger partial charge in [0.2, 0.25) is 0 Å². The van der Waals surface area contributed by atoms with Gasteiger partial charge in [0.25, 0.3) is 23.4 Å². The molecule has 0 bridgehead atoms. The first-order valence-corrected chi connectivity index (χ1v) is 33.6. The first kappa shape index (κ1) is 85.6. The number of carboxylic acid groups (broad SMARTS) is 4. The van der Waals surface area contributed by atoms with Gasteiger partial charge >= 0.3 is 23.9 Å². The number of amides is 3. The van der Waals surface area contributed by atoms with Crippen molar-refractivity contribution in [3.63, 3.8) is 0 Å². The predicted molar refractivity (Wildman–Crippen MR) is 368 cm³/mol. The lowest BCUT2D eigenvalue weighted by molar-refractivity contribution is -0.384. The topological polar surface area (TPSA) is 447 Å². The van der Waals surface area contributed by atoms with Crippen LogP contribution in [0.15, 0.2) is 114 Å². The van der Waals surface area contributed by atoms with Crippen LogP contribution in [0.4, 0.5) is 11.4 Å². The van der Waals surface area contributed by atoms with E-state index in [2.05, 4.69) is 43.3 Å². The van der Waals surface area contributed by atoms with Gasteiger partial charge in [0.1, 0.15) is 12.1 Å². The number of hydrogen-bond acceptors (Lipinski definition) is 29. The largest absolute Gasteiger partial charge is 0.549 e. The van der Waals surface area contributed by atoms with Gasteiger partial charge in [0, 0.05) is 94.3 Å². The number of aromatic nitrogens is 2. The summed E-state index contributed by atoms with van der Waals surface area (Å²) in [5, 5.41) is 66.8. The van der Waals surface area contributed by atoms with Crippen molar-refractivity contribution in [2.45, 2.75) is 123 Å². The summed E-state index contributed by atoms with van der Waals surface area (Å²) in [6, 6.07) is 25.5. The lowest BCUT2D eigenvalue weighted by atomic mass is 10.1. The van der Waals surface area contributed by atoms with Crippen LogP contribution in [0, 0.1) is 17.0 Å². The van der Waals surface area contributed by atoms with E-state index in [1.165, 1.54) is 56.7 Å². The number of hydrogen-bond donors (Lipinski definition) is 3. The number of pyridine rings is 2. The maximum absolute atomic E-state index is 13.4. The number of nitro benzene ring substituents is 1. The molecule has 0 radical (unpaired) electrons. The molecule has 3 unspecified atom stereocenters. The summed E-state index contributed by atoms with van der Waals surface area (Å²) >= 11 is 4.53. The molecule has 3 atom stereocenters. The monoisotopic (exact) mass is 1460 g/mol. The van der Waals surface area contributed by atoms with Crippen molar-refractivity contribution in [2.24, 2.45) is 4.99 Å². The number of benzene rings is 3. The summed E-state index contributed by atoms with van der Waals surface area (Å²) in [4.78, 5) is 164. The molecule has 0 fully saturated rings. The van der Waals surface area contributed by atoms with Gasteiger partial charge in [-0.25, -0.2) is 0 Å². The third-order valence-corrected chi connectivity index (χ3v) is 15.7. The quantitative estimate of drug-likeness (QED) is 0.00918. The molecule has 560 valence electrons. The van der Waals surface area contributed by atoms with Crippen molar-refractivity contribution in [3.05, 3.63) is 164 Å². The standard InChI is InChI=1S/C44H58N6O12.C27H31N5O9S/c1-6-61-43(55)37(15-8-10-25-45-41(53)32-19-17-31(3)18-20-32)48(29-39(51)59-4)27-34-13-12-14-35(47-34)28-49(30-40(52)60-5)38(44(56)62-7-2)16-9-11-26-46-42(54)33-21-23-36(24-22-33)50(57)58;33-23(34)14-31(15-24(35)36)12-20-4-3-5-21(30-20)13-32(16-25(37)38)22(27(40)41)6-1-2-11-28-26(39)18-7-9-19(10-8-18)29-17-42/h12-14,17-24,37-38H,6-11,15-16,25-30H2,1-5H3,(H,45,53)(H,46,54);3-5,7-10,22H,1-2,6,11-16H2,(H,28,39)(H,33,34)(H,35,36)(H,37,38)(H,40,41)/p-4. The highest BCUT2D eigenvalue weighted by molar-refractivity contribution is 7.78. The van der Waals surface area contributed by atoms with E-state index in [4.69, 9.17) is 23.9 Å². The molecule has 0 aliphatic heterocycles. The number of carbonyl (C=O) groups is 11.